The van der Waals surface area contributed by atoms with E-state index in [1.165, 1.54) is 0 Å². The highest BCUT2D eigenvalue weighted by Crippen LogP contribution is 2.16. The predicted octanol–water partition coefficient (Wildman–Crippen LogP) is 6.10. The topological polar surface area (TPSA) is 52.6 Å². The molecule has 0 aliphatic rings. The third-order valence-corrected chi connectivity index (χ3v) is 4.32. The fourth-order valence-corrected chi connectivity index (χ4v) is 2.67. The summed E-state index contributed by atoms with van der Waals surface area (Å²) in [5.41, 5.74) is 0. The molecule has 0 bridgehead atoms. The Labute approximate surface area is 162 Å². The molecular weight excluding hydrogens is 352 g/mol. The molecule has 0 amide bonds. The number of rotatable bonds is 14. The first kappa shape index (κ1) is 22.5. The molecule has 1 rings (SSSR count). The summed E-state index contributed by atoms with van der Waals surface area (Å²) in [6, 6.07) is 6.78. The van der Waals surface area contributed by atoms with E-state index in [2.05, 4.69) is 6.92 Å². The minimum atomic E-state index is -0.210. The zero-order valence-electron chi connectivity index (χ0n) is 15.8. The van der Waals surface area contributed by atoms with Gasteiger partial charge in [-0.2, -0.15) is 0 Å². The van der Waals surface area contributed by atoms with Crippen molar-refractivity contribution in [3.8, 4) is 5.75 Å². The molecule has 1 aromatic rings. The Morgan fingerprint density at radius 2 is 1.38 bits per heavy atom. The number of halogens is 1. The smallest absolute Gasteiger partial charge is 0.311 e. The van der Waals surface area contributed by atoms with Crippen LogP contribution in [-0.2, 0) is 14.3 Å². The summed E-state index contributed by atoms with van der Waals surface area (Å²) in [6.45, 7) is 2.68. The highest BCUT2D eigenvalue weighted by molar-refractivity contribution is 6.30. The van der Waals surface area contributed by atoms with Crippen LogP contribution in [0.15, 0.2) is 24.3 Å². The van der Waals surface area contributed by atoms with Gasteiger partial charge in [0.1, 0.15) is 5.75 Å². The molecule has 0 radical (unpaired) electrons. The molecule has 0 fully saturated rings. The Morgan fingerprint density at radius 3 is 2.00 bits per heavy atom. The first-order valence-corrected chi connectivity index (χ1v) is 10.1. The monoisotopic (exact) mass is 382 g/mol. The fourth-order valence-electron chi connectivity index (χ4n) is 2.54. The number of hydrogen-bond donors (Lipinski definition) is 0. The Hall–Kier alpha value is -1.55. The molecule has 0 atom stereocenters. The van der Waals surface area contributed by atoms with Crippen LogP contribution in [0.4, 0.5) is 0 Å². The molecule has 0 unspecified atom stereocenters. The molecule has 0 saturated carbocycles. The zero-order chi connectivity index (χ0) is 19.0. The largest absolute Gasteiger partial charge is 0.466 e. The summed E-state index contributed by atoms with van der Waals surface area (Å²) in [6.07, 6.45) is 10.0. The fraction of sp³-hybridized carbons (Fsp3) is 0.619. The van der Waals surface area contributed by atoms with E-state index in [-0.39, 0.29) is 11.9 Å². The first-order chi connectivity index (χ1) is 12.6. The SMILES string of the molecule is CCCCCOC(=O)CCCCCCCCC(=O)Oc1ccc(Cl)cc1. The summed E-state index contributed by atoms with van der Waals surface area (Å²) >= 11 is 5.79. The average molecular weight is 383 g/mol. The summed E-state index contributed by atoms with van der Waals surface area (Å²) in [4.78, 5) is 23.2. The van der Waals surface area contributed by atoms with Crippen LogP contribution < -0.4 is 4.74 Å². The molecule has 0 saturated heterocycles. The third-order valence-electron chi connectivity index (χ3n) is 4.07. The Bertz CT molecular complexity index is 513. The lowest BCUT2D eigenvalue weighted by atomic mass is 10.1. The van der Waals surface area contributed by atoms with Crippen molar-refractivity contribution in [2.45, 2.75) is 77.6 Å². The summed E-state index contributed by atoms with van der Waals surface area (Å²) in [5.74, 6) is 0.241. The van der Waals surface area contributed by atoms with Gasteiger partial charge >= 0.3 is 11.9 Å². The van der Waals surface area contributed by atoms with Crippen molar-refractivity contribution in [2.75, 3.05) is 6.61 Å². The molecule has 0 N–H and O–H groups in total. The zero-order valence-corrected chi connectivity index (χ0v) is 16.6. The van der Waals surface area contributed by atoms with Crippen LogP contribution in [-0.4, -0.2) is 18.5 Å². The number of hydrogen-bond acceptors (Lipinski definition) is 4. The van der Waals surface area contributed by atoms with Gasteiger partial charge in [-0.25, -0.2) is 0 Å². The Kier molecular flexibility index (Phi) is 12.6. The van der Waals surface area contributed by atoms with Crippen molar-refractivity contribution in [3.63, 3.8) is 0 Å². The van der Waals surface area contributed by atoms with E-state index in [0.29, 0.717) is 30.2 Å². The number of unbranched alkanes of at least 4 members (excludes halogenated alkanes) is 7. The van der Waals surface area contributed by atoms with E-state index in [1.807, 2.05) is 0 Å². The van der Waals surface area contributed by atoms with Crippen LogP contribution in [0.3, 0.4) is 0 Å². The van der Waals surface area contributed by atoms with Crippen molar-refractivity contribution in [1.29, 1.82) is 0 Å². The summed E-state index contributed by atoms with van der Waals surface area (Å²) in [5, 5.41) is 0.620. The minimum Gasteiger partial charge on any atom is -0.466 e. The van der Waals surface area contributed by atoms with E-state index in [4.69, 9.17) is 21.1 Å². The highest BCUT2D eigenvalue weighted by Gasteiger charge is 2.05. The van der Waals surface area contributed by atoms with E-state index >= 15 is 0 Å². The first-order valence-electron chi connectivity index (χ1n) is 9.73. The lowest BCUT2D eigenvalue weighted by Gasteiger charge is -2.05. The second-order valence-electron chi connectivity index (χ2n) is 6.48. The van der Waals surface area contributed by atoms with Crippen molar-refractivity contribution >= 4 is 23.5 Å². The second-order valence-corrected chi connectivity index (χ2v) is 6.91. The third kappa shape index (κ3) is 11.9. The van der Waals surface area contributed by atoms with E-state index in [9.17, 15) is 9.59 Å². The average Bonchev–Trinajstić information content (AvgIpc) is 2.63. The molecule has 0 aliphatic carbocycles. The molecule has 26 heavy (non-hydrogen) atoms. The van der Waals surface area contributed by atoms with E-state index in [0.717, 1.165) is 57.8 Å². The van der Waals surface area contributed by atoms with Crippen LogP contribution >= 0.6 is 11.6 Å². The maximum atomic E-state index is 11.7. The lowest BCUT2D eigenvalue weighted by molar-refractivity contribution is -0.144. The van der Waals surface area contributed by atoms with Crippen LogP contribution in [0, 0.1) is 0 Å². The molecule has 1 aromatic carbocycles. The Morgan fingerprint density at radius 1 is 0.808 bits per heavy atom. The summed E-state index contributed by atoms with van der Waals surface area (Å²) in [7, 11) is 0. The Balaban J connectivity index is 1.92. The number of carbonyl (C=O) groups is 2. The highest BCUT2D eigenvalue weighted by atomic mass is 35.5. The van der Waals surface area contributed by atoms with Crippen LogP contribution in [0.2, 0.25) is 5.02 Å². The van der Waals surface area contributed by atoms with Gasteiger partial charge in [-0.15, -0.1) is 0 Å². The normalized spacial score (nSPS) is 10.5. The van der Waals surface area contributed by atoms with Gasteiger partial charge in [0.15, 0.2) is 0 Å². The van der Waals surface area contributed by atoms with Crippen molar-refractivity contribution in [3.05, 3.63) is 29.3 Å². The molecule has 4 nitrogen and oxygen atoms in total. The van der Waals surface area contributed by atoms with Crippen molar-refractivity contribution < 1.29 is 19.1 Å². The van der Waals surface area contributed by atoms with Gasteiger partial charge < -0.3 is 9.47 Å². The number of carbonyl (C=O) groups excluding carboxylic acids is 2. The van der Waals surface area contributed by atoms with Gasteiger partial charge in [-0.3, -0.25) is 9.59 Å². The molecule has 146 valence electrons. The predicted molar refractivity (Wildman–Crippen MR) is 105 cm³/mol. The van der Waals surface area contributed by atoms with Gasteiger partial charge in [-0.05, 0) is 43.5 Å². The van der Waals surface area contributed by atoms with Gasteiger partial charge in [0.25, 0.3) is 0 Å². The molecule has 0 aromatic heterocycles. The molecule has 0 aliphatic heterocycles. The standard InChI is InChI=1S/C21H31ClO4/c1-2-3-10-17-25-20(23)11-8-6-4-5-7-9-12-21(24)26-19-15-13-18(22)14-16-19/h13-16H,2-12,17H2,1H3. The molecule has 5 heteroatoms. The lowest BCUT2D eigenvalue weighted by Crippen LogP contribution is -2.07. The minimum absolute atomic E-state index is 0.0777. The van der Waals surface area contributed by atoms with Crippen molar-refractivity contribution in [1.82, 2.24) is 0 Å². The maximum Gasteiger partial charge on any atom is 0.311 e. The van der Waals surface area contributed by atoms with Gasteiger partial charge in [-0.1, -0.05) is 57.0 Å². The van der Waals surface area contributed by atoms with Crippen LogP contribution in [0.25, 0.3) is 0 Å². The quantitative estimate of drug-likeness (QED) is 0.221. The van der Waals surface area contributed by atoms with Gasteiger partial charge in [0.05, 0.1) is 6.61 Å². The summed E-state index contributed by atoms with van der Waals surface area (Å²) < 4.78 is 10.4. The number of esters is 2. The van der Waals surface area contributed by atoms with E-state index < -0.39 is 0 Å². The molecular formula is C21H31ClO4. The maximum absolute atomic E-state index is 11.7. The molecule has 0 heterocycles. The second kappa shape index (κ2) is 14.6. The number of ether oxygens (including phenoxy) is 2. The van der Waals surface area contributed by atoms with Crippen LogP contribution in [0.1, 0.15) is 77.6 Å². The number of benzene rings is 1. The van der Waals surface area contributed by atoms with Crippen LogP contribution in [0.5, 0.6) is 5.75 Å². The van der Waals surface area contributed by atoms with E-state index in [1.54, 1.807) is 24.3 Å². The van der Waals surface area contributed by atoms with Gasteiger partial charge in [0, 0.05) is 17.9 Å². The molecule has 0 spiro atoms. The van der Waals surface area contributed by atoms with Crippen molar-refractivity contribution in [2.24, 2.45) is 0 Å². The van der Waals surface area contributed by atoms with Gasteiger partial charge in [0.2, 0.25) is 0 Å².